The summed E-state index contributed by atoms with van der Waals surface area (Å²) in [6.07, 6.45) is 3.39. The van der Waals surface area contributed by atoms with Crippen molar-refractivity contribution in [2.45, 2.75) is 6.04 Å². The number of aliphatic hydroxyl groups is 1. The highest BCUT2D eigenvalue weighted by Crippen LogP contribution is 2.24. The lowest BCUT2D eigenvalue weighted by Crippen LogP contribution is -2.34. The standard InChI is InChI=1S/C17H16N4O2S/c22-10-14(12-4-2-1-3-5-12)19-16(23)21-17-20-15(11-24-17)13-6-8-18-9-7-13/h1-9,11,14,22H,10H2,(H2,19,20,21,23)/t14-/m1/s1. The predicted octanol–water partition coefficient (Wildman–Crippen LogP) is 3.06. The fourth-order valence-electron chi connectivity index (χ4n) is 2.20. The van der Waals surface area contributed by atoms with Gasteiger partial charge in [0.05, 0.1) is 18.3 Å². The van der Waals surface area contributed by atoms with Crippen molar-refractivity contribution in [2.24, 2.45) is 0 Å². The minimum atomic E-state index is -0.467. The Labute approximate surface area is 143 Å². The summed E-state index contributed by atoms with van der Waals surface area (Å²) in [4.78, 5) is 20.5. The van der Waals surface area contributed by atoms with Crippen LogP contribution in [-0.2, 0) is 0 Å². The summed E-state index contributed by atoms with van der Waals surface area (Å²) >= 11 is 1.34. The maximum Gasteiger partial charge on any atom is 0.321 e. The summed E-state index contributed by atoms with van der Waals surface area (Å²) in [7, 11) is 0. The molecule has 0 aliphatic heterocycles. The molecule has 2 amide bonds. The molecule has 0 spiro atoms. The van der Waals surface area contributed by atoms with Gasteiger partial charge in [0, 0.05) is 23.3 Å². The number of carbonyl (C=O) groups is 1. The first kappa shape index (κ1) is 16.1. The molecule has 122 valence electrons. The van der Waals surface area contributed by atoms with Crippen molar-refractivity contribution < 1.29 is 9.90 Å². The van der Waals surface area contributed by atoms with Crippen molar-refractivity contribution in [3.63, 3.8) is 0 Å². The van der Waals surface area contributed by atoms with Crippen LogP contribution in [0.3, 0.4) is 0 Å². The quantitative estimate of drug-likeness (QED) is 0.666. The molecule has 6 nitrogen and oxygen atoms in total. The number of urea groups is 1. The van der Waals surface area contributed by atoms with Crippen molar-refractivity contribution in [3.8, 4) is 11.3 Å². The van der Waals surface area contributed by atoms with Crippen LogP contribution >= 0.6 is 11.3 Å². The summed E-state index contributed by atoms with van der Waals surface area (Å²) in [5.74, 6) is 0. The molecule has 2 aromatic heterocycles. The molecule has 0 bridgehead atoms. The Hall–Kier alpha value is -2.77. The largest absolute Gasteiger partial charge is 0.394 e. The highest BCUT2D eigenvalue weighted by Gasteiger charge is 2.14. The SMILES string of the molecule is O=C(Nc1nc(-c2ccncc2)cs1)N[C@H](CO)c1ccccc1. The van der Waals surface area contributed by atoms with E-state index in [9.17, 15) is 9.90 Å². The minimum Gasteiger partial charge on any atom is -0.394 e. The Balaban J connectivity index is 1.64. The van der Waals surface area contributed by atoms with Crippen LogP contribution in [0.4, 0.5) is 9.93 Å². The molecule has 3 aromatic rings. The van der Waals surface area contributed by atoms with Crippen molar-refractivity contribution in [3.05, 3.63) is 65.8 Å². The smallest absolute Gasteiger partial charge is 0.321 e. The lowest BCUT2D eigenvalue weighted by Gasteiger charge is -2.16. The number of aromatic nitrogens is 2. The number of nitrogens with zero attached hydrogens (tertiary/aromatic N) is 2. The number of anilines is 1. The van der Waals surface area contributed by atoms with Gasteiger partial charge in [-0.05, 0) is 17.7 Å². The summed E-state index contributed by atoms with van der Waals surface area (Å²) in [6.45, 7) is -0.183. The molecule has 0 unspecified atom stereocenters. The third-order valence-corrected chi connectivity index (χ3v) is 4.15. The summed E-state index contributed by atoms with van der Waals surface area (Å²) < 4.78 is 0. The Kier molecular flexibility index (Phi) is 5.15. The fraction of sp³-hybridized carbons (Fsp3) is 0.118. The molecule has 24 heavy (non-hydrogen) atoms. The molecular formula is C17H16N4O2S. The molecule has 0 aliphatic carbocycles. The second-order valence-electron chi connectivity index (χ2n) is 5.02. The summed E-state index contributed by atoms with van der Waals surface area (Å²) in [5, 5.41) is 17.3. The van der Waals surface area contributed by atoms with Gasteiger partial charge in [-0.3, -0.25) is 10.3 Å². The van der Waals surface area contributed by atoms with Gasteiger partial charge in [-0.2, -0.15) is 0 Å². The first-order valence-corrected chi connectivity index (χ1v) is 8.23. The molecule has 1 atom stereocenters. The van der Waals surface area contributed by atoms with Crippen molar-refractivity contribution in [1.29, 1.82) is 0 Å². The van der Waals surface area contributed by atoms with E-state index >= 15 is 0 Å². The van der Waals surface area contributed by atoms with Gasteiger partial charge in [-0.25, -0.2) is 9.78 Å². The Morgan fingerprint density at radius 3 is 2.62 bits per heavy atom. The van der Waals surface area contributed by atoms with E-state index < -0.39 is 12.1 Å². The monoisotopic (exact) mass is 340 g/mol. The van der Waals surface area contributed by atoms with E-state index in [1.807, 2.05) is 47.8 Å². The summed E-state index contributed by atoms with van der Waals surface area (Å²) in [5.41, 5.74) is 2.55. The number of thiazole rings is 1. The summed E-state index contributed by atoms with van der Waals surface area (Å²) in [6, 6.07) is 12.1. The second kappa shape index (κ2) is 7.67. The number of carbonyl (C=O) groups excluding carboxylic acids is 1. The van der Waals surface area contributed by atoms with E-state index in [4.69, 9.17) is 0 Å². The van der Waals surface area contributed by atoms with Gasteiger partial charge in [0.15, 0.2) is 5.13 Å². The number of amides is 2. The molecular weight excluding hydrogens is 324 g/mol. The average Bonchev–Trinajstić information content (AvgIpc) is 3.09. The van der Waals surface area contributed by atoms with Gasteiger partial charge in [0.2, 0.25) is 0 Å². The third kappa shape index (κ3) is 3.95. The molecule has 0 radical (unpaired) electrons. The van der Waals surface area contributed by atoms with Gasteiger partial charge < -0.3 is 10.4 Å². The minimum absolute atomic E-state index is 0.183. The molecule has 1 aromatic carbocycles. The van der Waals surface area contributed by atoms with Gasteiger partial charge >= 0.3 is 6.03 Å². The van der Waals surface area contributed by atoms with Crippen LogP contribution in [0.2, 0.25) is 0 Å². The average molecular weight is 340 g/mol. The highest BCUT2D eigenvalue weighted by molar-refractivity contribution is 7.14. The molecule has 0 saturated heterocycles. The lowest BCUT2D eigenvalue weighted by molar-refractivity contribution is 0.225. The zero-order valence-electron chi connectivity index (χ0n) is 12.7. The molecule has 0 saturated carbocycles. The molecule has 2 heterocycles. The molecule has 3 rings (SSSR count). The van der Waals surface area contributed by atoms with E-state index in [2.05, 4.69) is 20.6 Å². The maximum absolute atomic E-state index is 12.1. The van der Waals surface area contributed by atoms with Crippen molar-refractivity contribution in [2.75, 3.05) is 11.9 Å². The normalized spacial score (nSPS) is 11.7. The number of hydrogen-bond acceptors (Lipinski definition) is 5. The Morgan fingerprint density at radius 1 is 1.17 bits per heavy atom. The van der Waals surface area contributed by atoms with E-state index in [-0.39, 0.29) is 6.61 Å². The van der Waals surface area contributed by atoms with Crippen LogP contribution in [0.1, 0.15) is 11.6 Å². The fourth-order valence-corrected chi connectivity index (χ4v) is 2.91. The second-order valence-corrected chi connectivity index (χ2v) is 5.88. The molecule has 0 fully saturated rings. The third-order valence-electron chi connectivity index (χ3n) is 3.39. The number of benzene rings is 1. The number of rotatable bonds is 5. The van der Waals surface area contributed by atoms with Crippen LogP contribution in [0.25, 0.3) is 11.3 Å². The van der Waals surface area contributed by atoms with Crippen LogP contribution < -0.4 is 10.6 Å². The van der Waals surface area contributed by atoms with E-state index in [0.717, 1.165) is 16.8 Å². The van der Waals surface area contributed by atoms with Gasteiger partial charge in [-0.1, -0.05) is 30.3 Å². The van der Waals surface area contributed by atoms with Gasteiger partial charge in [-0.15, -0.1) is 11.3 Å². The number of pyridine rings is 1. The first-order chi connectivity index (χ1) is 11.8. The first-order valence-electron chi connectivity index (χ1n) is 7.35. The van der Waals surface area contributed by atoms with Crippen LogP contribution in [-0.4, -0.2) is 27.7 Å². The van der Waals surface area contributed by atoms with E-state index in [0.29, 0.717) is 5.13 Å². The topological polar surface area (TPSA) is 87.1 Å². The molecule has 0 aliphatic rings. The van der Waals surface area contributed by atoms with Crippen LogP contribution in [0.15, 0.2) is 60.2 Å². The van der Waals surface area contributed by atoms with Crippen LogP contribution in [0, 0.1) is 0 Å². The lowest BCUT2D eigenvalue weighted by atomic mass is 10.1. The maximum atomic E-state index is 12.1. The van der Waals surface area contributed by atoms with Gasteiger partial charge in [0.1, 0.15) is 0 Å². The number of hydrogen-bond donors (Lipinski definition) is 3. The van der Waals surface area contributed by atoms with E-state index in [1.54, 1.807) is 12.4 Å². The molecule has 3 N–H and O–H groups in total. The number of aliphatic hydroxyl groups excluding tert-OH is 1. The zero-order chi connectivity index (χ0) is 16.8. The number of nitrogens with one attached hydrogen (secondary N) is 2. The zero-order valence-corrected chi connectivity index (χ0v) is 13.5. The molecule has 7 heteroatoms. The van der Waals surface area contributed by atoms with Crippen molar-refractivity contribution >= 4 is 22.5 Å². The highest BCUT2D eigenvalue weighted by atomic mass is 32.1. The Bertz CT molecular complexity index is 793. The van der Waals surface area contributed by atoms with Crippen molar-refractivity contribution in [1.82, 2.24) is 15.3 Å². The van der Waals surface area contributed by atoms with Gasteiger partial charge in [0.25, 0.3) is 0 Å². The van der Waals surface area contributed by atoms with E-state index in [1.165, 1.54) is 11.3 Å². The predicted molar refractivity (Wildman–Crippen MR) is 93.8 cm³/mol. The Morgan fingerprint density at radius 2 is 1.92 bits per heavy atom. The van der Waals surface area contributed by atoms with Crippen LogP contribution in [0.5, 0.6) is 0 Å².